The first kappa shape index (κ1) is 73.1. The first-order chi connectivity index (χ1) is 34.8. The smallest absolute Gasteiger partial charge is 1.00 e. The van der Waals surface area contributed by atoms with Crippen LogP contribution in [-0.2, 0) is 43.4 Å². The van der Waals surface area contributed by atoms with Crippen LogP contribution in [0.15, 0.2) is 146 Å². The third kappa shape index (κ3) is 25.0. The molecule has 0 aliphatic heterocycles. The number of halogens is 2. The third-order valence-electron chi connectivity index (χ3n) is 13.3. The van der Waals surface area contributed by atoms with Crippen molar-refractivity contribution < 1.29 is 68.2 Å². The Morgan fingerprint density at radius 3 is 0.697 bits per heavy atom. The van der Waals surface area contributed by atoms with Gasteiger partial charge in [-0.15, -0.1) is 161 Å². The molecule has 8 aromatic rings. The number of fused-ring (bicyclic) bond motifs is 4. The molecular formula is C68H96Cl2P4Ti2-2. The van der Waals surface area contributed by atoms with Gasteiger partial charge in [-0.2, -0.15) is 24.3 Å². The monoisotopic (exact) mass is 1200 g/mol. The van der Waals surface area contributed by atoms with Crippen molar-refractivity contribution in [2.45, 2.75) is 134 Å². The summed E-state index contributed by atoms with van der Waals surface area (Å²) in [4.78, 5) is 0. The minimum atomic E-state index is 0. The molecule has 8 aromatic carbocycles. The first-order valence-corrected chi connectivity index (χ1v) is 35.3. The van der Waals surface area contributed by atoms with Gasteiger partial charge in [-0.05, 0) is 98.7 Å². The van der Waals surface area contributed by atoms with Gasteiger partial charge in [0, 0.05) is 0 Å². The van der Waals surface area contributed by atoms with Crippen LogP contribution < -0.4 is 46.0 Å². The molecule has 0 aliphatic carbocycles. The molecule has 0 saturated heterocycles. The number of unbranched alkanes of at least 4 members (excludes halogenated alkanes) is 4. The summed E-state index contributed by atoms with van der Waals surface area (Å²) in [5, 5.41) is 17.8. The van der Waals surface area contributed by atoms with Crippen molar-refractivity contribution >= 4 is 96.0 Å². The van der Waals surface area contributed by atoms with Crippen LogP contribution in [0.3, 0.4) is 0 Å². The summed E-state index contributed by atoms with van der Waals surface area (Å²) in [7, 11) is 0.208. The third-order valence-corrected chi connectivity index (χ3v) is 25.4. The predicted molar refractivity (Wildman–Crippen MR) is 342 cm³/mol. The van der Waals surface area contributed by atoms with E-state index in [1.165, 1.54) is 144 Å². The van der Waals surface area contributed by atoms with E-state index in [0.29, 0.717) is 0 Å². The largest absolute Gasteiger partial charge is 2.00 e. The van der Waals surface area contributed by atoms with Gasteiger partial charge in [-0.25, -0.2) is 0 Å². The minimum absolute atomic E-state index is 0. The second-order valence-electron chi connectivity index (χ2n) is 22.1. The van der Waals surface area contributed by atoms with Crippen molar-refractivity contribution in [3.8, 4) is 0 Å². The van der Waals surface area contributed by atoms with Crippen LogP contribution in [0.25, 0.3) is 43.1 Å². The molecule has 412 valence electrons. The van der Waals surface area contributed by atoms with Gasteiger partial charge in [0.05, 0.1) is 0 Å². The van der Waals surface area contributed by atoms with E-state index < -0.39 is 0 Å². The Bertz CT molecular complexity index is 2330. The molecule has 8 heteroatoms. The summed E-state index contributed by atoms with van der Waals surface area (Å²) < 4.78 is 0. The van der Waals surface area contributed by atoms with Crippen molar-refractivity contribution in [3.63, 3.8) is 0 Å². The van der Waals surface area contributed by atoms with E-state index in [2.05, 4.69) is 229 Å². The van der Waals surface area contributed by atoms with Crippen molar-refractivity contribution in [2.24, 2.45) is 23.7 Å². The molecule has 8 rings (SSSR count). The molecule has 0 nitrogen and oxygen atoms in total. The fourth-order valence-electron chi connectivity index (χ4n) is 9.74. The van der Waals surface area contributed by atoms with E-state index in [0.717, 1.165) is 23.7 Å². The minimum Gasteiger partial charge on any atom is -1.00 e. The Balaban J connectivity index is 0.000000498. The molecule has 0 unspecified atom stereocenters. The van der Waals surface area contributed by atoms with Gasteiger partial charge < -0.3 is 24.8 Å². The van der Waals surface area contributed by atoms with Gasteiger partial charge in [0.15, 0.2) is 0 Å². The van der Waals surface area contributed by atoms with Crippen molar-refractivity contribution in [1.29, 1.82) is 0 Å². The summed E-state index contributed by atoms with van der Waals surface area (Å²) in [6.45, 7) is 28.0. The molecule has 0 bridgehead atoms. The van der Waals surface area contributed by atoms with E-state index in [1.807, 2.05) is 0 Å². The zero-order valence-corrected chi connectivity index (χ0v) is 57.2. The van der Waals surface area contributed by atoms with Crippen LogP contribution in [0.5, 0.6) is 0 Å². The number of rotatable bonds is 24. The van der Waals surface area contributed by atoms with E-state index in [1.54, 1.807) is 21.2 Å². The summed E-state index contributed by atoms with van der Waals surface area (Å²) in [5.74, 6) is 3.20. The van der Waals surface area contributed by atoms with Crippen LogP contribution >= 0.6 is 31.7 Å². The normalized spacial score (nSPS) is 11.2. The van der Waals surface area contributed by atoms with Gasteiger partial charge >= 0.3 is 43.4 Å². The molecule has 76 heavy (non-hydrogen) atoms. The maximum atomic E-state index is 2.44. The summed E-state index contributed by atoms with van der Waals surface area (Å²) in [6.07, 6.45) is 22.0. The first-order valence-electron chi connectivity index (χ1n) is 28.4. The van der Waals surface area contributed by atoms with Crippen LogP contribution in [-0.4, -0.2) is 49.3 Å². The molecule has 0 radical (unpaired) electrons. The molecule has 0 aromatic heterocycles. The van der Waals surface area contributed by atoms with Crippen LogP contribution in [0.4, 0.5) is 0 Å². The van der Waals surface area contributed by atoms with Crippen LogP contribution in [0, 0.1) is 23.7 Å². The molecule has 0 heterocycles. The zero-order valence-electron chi connectivity index (χ0n) is 49.0. The Labute approximate surface area is 512 Å². The van der Waals surface area contributed by atoms with Gasteiger partial charge in [0.25, 0.3) is 0 Å². The molecular weight excluding hydrogens is 1110 g/mol. The summed E-state index contributed by atoms with van der Waals surface area (Å²) in [6, 6.07) is 54.5. The molecule has 0 spiro atoms. The molecule has 0 atom stereocenters. The number of benzene rings is 4. The van der Waals surface area contributed by atoms with Crippen molar-refractivity contribution in [2.75, 3.05) is 49.3 Å². The fraction of sp³-hybridized carbons (Fsp3) is 0.471. The Morgan fingerprint density at radius 1 is 0.316 bits per heavy atom. The van der Waals surface area contributed by atoms with Crippen LogP contribution in [0.1, 0.15) is 134 Å². The fourth-order valence-corrected chi connectivity index (χ4v) is 21.2. The second-order valence-corrected chi connectivity index (χ2v) is 31.8. The predicted octanol–water partition coefficient (Wildman–Crippen LogP) is 14.5. The SMILES string of the molecule is CC(C)CP(CC(C)C)c1cc2ccccc2[cH-]1.CC(C)CP(CC(C)C)c1cc2ccccc2[cH-]1.CCCCP(CCCC)c1cc2ccccc2[cH-]1.CCCCP(CCCC)c1cc2ccccc2[cH-]1.[Cl-].[Cl-].[Ti+2].[Ti+2]. The van der Waals surface area contributed by atoms with Gasteiger partial charge in [-0.3, -0.25) is 0 Å². The van der Waals surface area contributed by atoms with Gasteiger partial charge in [-0.1, -0.05) is 165 Å². The standard InChI is InChI=1S/4C17H24P.2ClH.2Ti/c2*1-13(2)11-18(12-14(3)4)17-9-15-7-5-6-8-16(15)10-17;2*1-3-5-11-18(12-6-4-2)17-13-15-9-7-8-10-16(15)14-17;;;;/h2*5-10,13-14H,11-12H2,1-4H3;2*7-10,13-14H,3-6,11-12H2,1-2H3;2*1H;;/q4*-1;;;2*+2/p-2. The number of hydrogen-bond donors (Lipinski definition) is 0. The summed E-state index contributed by atoms with van der Waals surface area (Å²) >= 11 is 0. The van der Waals surface area contributed by atoms with E-state index in [9.17, 15) is 0 Å². The average Bonchev–Trinajstić information content (AvgIpc) is 4.18. The number of hydrogen-bond acceptors (Lipinski definition) is 0. The van der Waals surface area contributed by atoms with Crippen molar-refractivity contribution in [3.05, 3.63) is 146 Å². The molecule has 0 saturated carbocycles. The summed E-state index contributed by atoms with van der Waals surface area (Å²) in [5.41, 5.74) is 0. The average molecular weight is 1200 g/mol. The molecule has 0 N–H and O–H groups in total. The second kappa shape index (κ2) is 40.3. The Kier molecular flexibility index (Phi) is 38.7. The molecule has 0 aliphatic rings. The maximum absolute atomic E-state index is 2.44. The van der Waals surface area contributed by atoms with Gasteiger partial charge in [0.1, 0.15) is 0 Å². The zero-order chi connectivity index (χ0) is 51.8. The van der Waals surface area contributed by atoms with E-state index >= 15 is 0 Å². The maximum Gasteiger partial charge on any atom is 2.00 e. The molecule has 0 amide bonds. The Hall–Kier alpha value is -0.951. The topological polar surface area (TPSA) is 0 Å². The van der Waals surface area contributed by atoms with Crippen molar-refractivity contribution in [1.82, 2.24) is 0 Å². The molecule has 0 fully saturated rings. The quantitative estimate of drug-likeness (QED) is 0.0321. The van der Waals surface area contributed by atoms with Crippen LogP contribution in [0.2, 0.25) is 0 Å². The van der Waals surface area contributed by atoms with E-state index in [-0.39, 0.29) is 99.9 Å². The van der Waals surface area contributed by atoms with Gasteiger partial charge in [0.2, 0.25) is 0 Å². The van der Waals surface area contributed by atoms with E-state index in [4.69, 9.17) is 0 Å². The Morgan fingerprint density at radius 2 is 0.513 bits per heavy atom.